The second-order valence-corrected chi connectivity index (χ2v) is 3.87. The van der Waals surface area contributed by atoms with E-state index in [2.05, 4.69) is 4.98 Å². The highest BCUT2D eigenvalue weighted by Gasteiger charge is 2.26. The minimum Gasteiger partial charge on any atom is -0.484 e. The third-order valence-electron chi connectivity index (χ3n) is 2.43. The number of hydrogen-bond acceptors (Lipinski definition) is 2. The third kappa shape index (κ3) is 3.46. The minimum absolute atomic E-state index is 0.0912. The first-order valence-electron chi connectivity index (χ1n) is 5.49. The maximum Gasteiger partial charge on any atom is 0.509 e. The average Bonchev–Trinajstić information content (AvgIpc) is 2.37. The van der Waals surface area contributed by atoms with Crippen LogP contribution in [-0.2, 0) is 6.61 Å². The SMILES string of the molecule is Fc1ccc([B-](F)(F)F)cc1OCc1ccccn1. The van der Waals surface area contributed by atoms with Crippen molar-refractivity contribution in [1.82, 2.24) is 4.98 Å². The van der Waals surface area contributed by atoms with Gasteiger partial charge in [0.15, 0.2) is 11.6 Å². The second-order valence-electron chi connectivity index (χ2n) is 3.87. The van der Waals surface area contributed by atoms with Crippen molar-refractivity contribution in [3.8, 4) is 5.75 Å². The summed E-state index contributed by atoms with van der Waals surface area (Å²) in [5, 5.41) is 0. The molecule has 7 heteroatoms. The molecule has 0 amide bonds. The summed E-state index contributed by atoms with van der Waals surface area (Å²) in [5.41, 5.74) is -0.387. The van der Waals surface area contributed by atoms with E-state index >= 15 is 0 Å². The molecule has 0 radical (unpaired) electrons. The summed E-state index contributed by atoms with van der Waals surface area (Å²) in [5.74, 6) is -1.26. The van der Waals surface area contributed by atoms with Crippen LogP contribution in [0.3, 0.4) is 0 Å². The molecule has 0 unspecified atom stereocenters. The summed E-state index contributed by atoms with van der Waals surface area (Å²) in [6, 6.07) is 7.14. The molecular weight excluding hydrogens is 261 g/mol. The summed E-state index contributed by atoms with van der Waals surface area (Å²) in [4.78, 5) is 3.93. The zero-order valence-electron chi connectivity index (χ0n) is 9.69. The Kier molecular flexibility index (Phi) is 3.73. The van der Waals surface area contributed by atoms with E-state index < -0.39 is 24.0 Å². The van der Waals surface area contributed by atoms with Gasteiger partial charge in [0.05, 0.1) is 5.69 Å². The maximum atomic E-state index is 13.4. The molecule has 2 aromatic rings. The molecule has 0 N–H and O–H groups in total. The van der Waals surface area contributed by atoms with E-state index in [-0.39, 0.29) is 6.61 Å². The lowest BCUT2D eigenvalue weighted by atomic mass is 9.80. The highest BCUT2D eigenvalue weighted by atomic mass is 19.4. The fourth-order valence-corrected chi connectivity index (χ4v) is 1.47. The summed E-state index contributed by atoms with van der Waals surface area (Å²) in [7, 11) is 0. The molecule has 0 fully saturated rings. The lowest BCUT2D eigenvalue weighted by molar-refractivity contribution is 0.286. The zero-order valence-corrected chi connectivity index (χ0v) is 9.69. The van der Waals surface area contributed by atoms with Crippen molar-refractivity contribution >= 4 is 12.4 Å². The highest BCUT2D eigenvalue weighted by Crippen LogP contribution is 2.19. The van der Waals surface area contributed by atoms with Gasteiger partial charge in [-0.15, -0.1) is 5.46 Å². The lowest BCUT2D eigenvalue weighted by Crippen LogP contribution is -2.34. The van der Waals surface area contributed by atoms with Gasteiger partial charge in [0.1, 0.15) is 6.61 Å². The molecule has 2 nitrogen and oxygen atoms in total. The minimum atomic E-state index is -5.17. The number of aromatic nitrogens is 1. The van der Waals surface area contributed by atoms with Gasteiger partial charge >= 0.3 is 6.98 Å². The van der Waals surface area contributed by atoms with Crippen molar-refractivity contribution < 1.29 is 22.1 Å². The third-order valence-corrected chi connectivity index (χ3v) is 2.43. The van der Waals surface area contributed by atoms with Crippen LogP contribution in [0, 0.1) is 5.82 Å². The first kappa shape index (κ1) is 13.4. The molecule has 0 spiro atoms. The van der Waals surface area contributed by atoms with Crippen LogP contribution in [0.1, 0.15) is 5.69 Å². The molecule has 0 aliphatic heterocycles. The van der Waals surface area contributed by atoms with E-state index in [9.17, 15) is 17.3 Å². The molecule has 2 rings (SSSR count). The summed E-state index contributed by atoms with van der Waals surface area (Å²) in [6.07, 6.45) is 1.52. The van der Waals surface area contributed by atoms with Crippen LogP contribution in [-0.4, -0.2) is 12.0 Å². The molecule has 0 aliphatic rings. The van der Waals surface area contributed by atoms with E-state index in [1.54, 1.807) is 18.2 Å². The number of halogens is 4. The Balaban J connectivity index is 2.16. The summed E-state index contributed by atoms with van der Waals surface area (Å²) < 4.78 is 56.0. The Hall–Kier alpha value is -2.05. The molecule has 0 atom stereocenters. The van der Waals surface area contributed by atoms with Crippen LogP contribution in [0.2, 0.25) is 0 Å². The van der Waals surface area contributed by atoms with Crippen molar-refractivity contribution in [1.29, 1.82) is 0 Å². The topological polar surface area (TPSA) is 22.1 Å². The quantitative estimate of drug-likeness (QED) is 0.629. The molecule has 1 aromatic carbocycles. The summed E-state index contributed by atoms with van der Waals surface area (Å²) in [6.45, 7) is -5.26. The van der Waals surface area contributed by atoms with Gasteiger partial charge in [0, 0.05) is 6.20 Å². The van der Waals surface area contributed by atoms with E-state index in [0.717, 1.165) is 6.07 Å². The molecule has 19 heavy (non-hydrogen) atoms. The van der Waals surface area contributed by atoms with Crippen molar-refractivity contribution in [2.24, 2.45) is 0 Å². The van der Waals surface area contributed by atoms with E-state index in [1.165, 1.54) is 6.20 Å². The van der Waals surface area contributed by atoms with E-state index in [4.69, 9.17) is 4.74 Å². The molecule has 1 aromatic heterocycles. The molecular formula is C12H9BF4NO-. The normalized spacial score (nSPS) is 11.4. The smallest absolute Gasteiger partial charge is 0.484 e. The number of ether oxygens (including phenoxy) is 1. The van der Waals surface area contributed by atoms with Gasteiger partial charge in [-0.1, -0.05) is 12.1 Å². The fraction of sp³-hybridized carbons (Fsp3) is 0.0833. The largest absolute Gasteiger partial charge is 0.509 e. The Morgan fingerprint density at radius 1 is 1.11 bits per heavy atom. The monoisotopic (exact) mass is 270 g/mol. The first-order valence-corrected chi connectivity index (χ1v) is 5.49. The lowest BCUT2D eigenvalue weighted by Gasteiger charge is -2.16. The number of nitrogens with zero attached hydrogens (tertiary/aromatic N) is 1. The zero-order chi connectivity index (χ0) is 13.9. The number of hydrogen-bond donors (Lipinski definition) is 0. The molecule has 0 saturated heterocycles. The van der Waals surface area contributed by atoms with Gasteiger partial charge in [-0.25, -0.2) is 4.39 Å². The van der Waals surface area contributed by atoms with Crippen LogP contribution in [0.4, 0.5) is 17.3 Å². The average molecular weight is 270 g/mol. The van der Waals surface area contributed by atoms with E-state index in [1.807, 2.05) is 0 Å². The summed E-state index contributed by atoms with van der Waals surface area (Å²) >= 11 is 0. The van der Waals surface area contributed by atoms with Crippen molar-refractivity contribution in [3.63, 3.8) is 0 Å². The van der Waals surface area contributed by atoms with Gasteiger partial charge in [0.2, 0.25) is 0 Å². The fourth-order valence-electron chi connectivity index (χ4n) is 1.47. The number of benzene rings is 1. The predicted molar refractivity (Wildman–Crippen MR) is 63.7 cm³/mol. The van der Waals surface area contributed by atoms with Crippen LogP contribution >= 0.6 is 0 Å². The maximum absolute atomic E-state index is 13.4. The first-order chi connectivity index (χ1) is 8.97. The highest BCUT2D eigenvalue weighted by molar-refractivity contribution is 6.73. The van der Waals surface area contributed by atoms with Crippen LogP contribution in [0.15, 0.2) is 42.6 Å². The van der Waals surface area contributed by atoms with Gasteiger partial charge in [0.25, 0.3) is 0 Å². The predicted octanol–water partition coefficient (Wildman–Crippen LogP) is 2.85. The molecule has 0 aliphatic carbocycles. The van der Waals surface area contributed by atoms with Crippen LogP contribution in [0.5, 0.6) is 5.75 Å². The Morgan fingerprint density at radius 2 is 1.89 bits per heavy atom. The molecule has 0 saturated carbocycles. The molecule has 0 bridgehead atoms. The van der Waals surface area contributed by atoms with Crippen molar-refractivity contribution in [3.05, 3.63) is 54.1 Å². The number of rotatable bonds is 4. The van der Waals surface area contributed by atoms with Crippen molar-refractivity contribution in [2.75, 3.05) is 0 Å². The van der Waals surface area contributed by atoms with Crippen molar-refractivity contribution in [2.45, 2.75) is 6.61 Å². The Morgan fingerprint density at radius 3 is 2.53 bits per heavy atom. The van der Waals surface area contributed by atoms with Gasteiger partial charge in [-0.3, -0.25) is 4.98 Å². The van der Waals surface area contributed by atoms with Gasteiger partial charge < -0.3 is 17.7 Å². The molecule has 100 valence electrons. The molecule has 1 heterocycles. The Bertz CT molecular complexity index is 559. The van der Waals surface area contributed by atoms with Crippen LogP contribution in [0.25, 0.3) is 0 Å². The van der Waals surface area contributed by atoms with Crippen LogP contribution < -0.4 is 10.2 Å². The standard InChI is InChI=1S/C12H9BF4NO/c14-11-5-4-9(13(15,16)17)7-12(11)19-8-10-3-1-2-6-18-10/h1-7H,8H2/q-1. The number of pyridine rings is 1. The van der Waals surface area contributed by atoms with Gasteiger partial charge in [-0.05, 0) is 24.3 Å². The Labute approximate surface area is 107 Å². The second kappa shape index (κ2) is 5.30. The van der Waals surface area contributed by atoms with E-state index in [0.29, 0.717) is 17.8 Å². The van der Waals surface area contributed by atoms with Gasteiger partial charge in [-0.2, -0.15) is 0 Å².